The van der Waals surface area contributed by atoms with E-state index in [4.69, 9.17) is 11.6 Å². The van der Waals surface area contributed by atoms with Crippen molar-refractivity contribution in [3.05, 3.63) is 16.4 Å². The number of aromatic nitrogens is 2. The SMILES string of the molecule is CCC1CNC(C)(CC)CN1Cc1c(C)nn(C)c1Cl. The van der Waals surface area contributed by atoms with Gasteiger partial charge < -0.3 is 5.32 Å². The molecule has 1 aliphatic heterocycles. The van der Waals surface area contributed by atoms with Crippen molar-refractivity contribution in [3.63, 3.8) is 0 Å². The number of nitrogens with zero attached hydrogens (tertiary/aromatic N) is 3. The fraction of sp³-hybridized carbons (Fsp3) is 0.800. The molecule has 0 radical (unpaired) electrons. The van der Waals surface area contributed by atoms with Gasteiger partial charge in [0.2, 0.25) is 0 Å². The van der Waals surface area contributed by atoms with Gasteiger partial charge in [-0.3, -0.25) is 9.58 Å². The van der Waals surface area contributed by atoms with Crippen molar-refractivity contribution in [1.82, 2.24) is 20.0 Å². The molecule has 0 bridgehead atoms. The molecular weight excluding hydrogens is 272 g/mol. The quantitative estimate of drug-likeness (QED) is 0.928. The molecule has 1 saturated heterocycles. The van der Waals surface area contributed by atoms with Gasteiger partial charge in [-0.1, -0.05) is 25.4 Å². The standard InChI is InChI=1S/C15H27ClN4/c1-6-12-8-17-15(4,7-2)10-20(12)9-13-11(3)18-19(5)14(13)16/h12,17H,6-10H2,1-5H3. The fourth-order valence-corrected chi connectivity index (χ4v) is 3.24. The van der Waals surface area contributed by atoms with E-state index in [1.807, 2.05) is 14.0 Å². The molecule has 5 heteroatoms. The summed E-state index contributed by atoms with van der Waals surface area (Å²) in [6.07, 6.45) is 2.30. The van der Waals surface area contributed by atoms with Crippen molar-refractivity contribution in [2.24, 2.45) is 7.05 Å². The lowest BCUT2D eigenvalue weighted by atomic mass is 9.92. The third kappa shape index (κ3) is 3.02. The lowest BCUT2D eigenvalue weighted by molar-refractivity contribution is 0.0753. The van der Waals surface area contributed by atoms with Crippen LogP contribution in [0.15, 0.2) is 0 Å². The van der Waals surface area contributed by atoms with Gasteiger partial charge in [-0.15, -0.1) is 0 Å². The predicted molar refractivity (Wildman–Crippen MR) is 84.1 cm³/mol. The third-order valence-electron chi connectivity index (χ3n) is 4.72. The first-order chi connectivity index (χ1) is 9.40. The molecule has 114 valence electrons. The molecule has 0 amide bonds. The summed E-state index contributed by atoms with van der Waals surface area (Å²) in [4.78, 5) is 2.57. The van der Waals surface area contributed by atoms with Gasteiger partial charge in [-0.2, -0.15) is 5.10 Å². The molecule has 2 atom stereocenters. The third-order valence-corrected chi connectivity index (χ3v) is 5.19. The first-order valence-corrected chi connectivity index (χ1v) is 7.95. The van der Waals surface area contributed by atoms with Crippen LogP contribution in [0.5, 0.6) is 0 Å². The van der Waals surface area contributed by atoms with Gasteiger partial charge in [-0.25, -0.2) is 0 Å². The summed E-state index contributed by atoms with van der Waals surface area (Å²) in [7, 11) is 1.91. The molecule has 4 nitrogen and oxygen atoms in total. The summed E-state index contributed by atoms with van der Waals surface area (Å²) in [5.74, 6) is 0. The molecule has 2 unspecified atom stereocenters. The molecule has 2 heterocycles. The Bertz CT molecular complexity index is 471. The van der Waals surface area contributed by atoms with Crippen molar-refractivity contribution in [2.45, 2.75) is 58.7 Å². The summed E-state index contributed by atoms with van der Waals surface area (Å²) in [5, 5.41) is 8.90. The molecular formula is C15H27ClN4. The largest absolute Gasteiger partial charge is 0.309 e. The second kappa shape index (κ2) is 6.04. The maximum Gasteiger partial charge on any atom is 0.131 e. The lowest BCUT2D eigenvalue weighted by Gasteiger charge is -2.46. The van der Waals surface area contributed by atoms with Crippen LogP contribution in [0.25, 0.3) is 0 Å². The van der Waals surface area contributed by atoms with Crippen molar-refractivity contribution in [1.29, 1.82) is 0 Å². The van der Waals surface area contributed by atoms with Crippen LogP contribution in [-0.4, -0.2) is 39.4 Å². The van der Waals surface area contributed by atoms with E-state index in [1.54, 1.807) is 4.68 Å². The molecule has 0 aliphatic carbocycles. The Kier molecular flexibility index (Phi) is 4.77. The molecule has 0 aromatic carbocycles. The number of halogens is 1. The van der Waals surface area contributed by atoms with Crippen LogP contribution in [-0.2, 0) is 13.6 Å². The van der Waals surface area contributed by atoms with E-state index in [0.717, 1.165) is 43.3 Å². The number of rotatable bonds is 4. The highest BCUT2D eigenvalue weighted by molar-refractivity contribution is 6.30. The Morgan fingerprint density at radius 3 is 2.65 bits per heavy atom. The van der Waals surface area contributed by atoms with Crippen LogP contribution in [0.3, 0.4) is 0 Å². The van der Waals surface area contributed by atoms with Crippen LogP contribution >= 0.6 is 11.6 Å². The first kappa shape index (κ1) is 15.8. The minimum Gasteiger partial charge on any atom is -0.309 e. The van der Waals surface area contributed by atoms with Crippen LogP contribution in [0.2, 0.25) is 5.15 Å². The van der Waals surface area contributed by atoms with Crippen molar-refractivity contribution in [2.75, 3.05) is 13.1 Å². The van der Waals surface area contributed by atoms with Crippen molar-refractivity contribution in [3.8, 4) is 0 Å². The molecule has 20 heavy (non-hydrogen) atoms. The van der Waals surface area contributed by atoms with E-state index in [1.165, 1.54) is 5.56 Å². The van der Waals surface area contributed by atoms with E-state index < -0.39 is 0 Å². The number of aryl methyl sites for hydroxylation is 2. The van der Waals surface area contributed by atoms with Gasteiger partial charge in [0, 0.05) is 43.8 Å². The highest BCUT2D eigenvalue weighted by Gasteiger charge is 2.34. The summed E-state index contributed by atoms with van der Waals surface area (Å²) >= 11 is 6.39. The van der Waals surface area contributed by atoms with Crippen LogP contribution in [0.1, 0.15) is 44.9 Å². The van der Waals surface area contributed by atoms with E-state index in [2.05, 4.69) is 36.1 Å². The average Bonchev–Trinajstić information content (AvgIpc) is 2.66. The predicted octanol–water partition coefficient (Wildman–Crippen LogP) is 2.73. The summed E-state index contributed by atoms with van der Waals surface area (Å²) in [6, 6.07) is 0.574. The molecule has 1 aromatic heterocycles. The van der Waals surface area contributed by atoms with Gasteiger partial charge in [0.15, 0.2) is 0 Å². The topological polar surface area (TPSA) is 33.1 Å². The Labute approximate surface area is 127 Å². The Hall–Kier alpha value is -0.580. The molecule has 0 saturated carbocycles. The van der Waals surface area contributed by atoms with Crippen LogP contribution in [0, 0.1) is 6.92 Å². The minimum atomic E-state index is 0.203. The maximum atomic E-state index is 6.39. The van der Waals surface area contributed by atoms with E-state index in [0.29, 0.717) is 6.04 Å². The van der Waals surface area contributed by atoms with E-state index >= 15 is 0 Å². The van der Waals surface area contributed by atoms with Crippen molar-refractivity contribution < 1.29 is 0 Å². The minimum absolute atomic E-state index is 0.203. The van der Waals surface area contributed by atoms with E-state index in [9.17, 15) is 0 Å². The van der Waals surface area contributed by atoms with Gasteiger partial charge in [0.1, 0.15) is 5.15 Å². The molecule has 1 N–H and O–H groups in total. The average molecular weight is 299 g/mol. The molecule has 2 rings (SSSR count). The zero-order chi connectivity index (χ0) is 14.9. The lowest BCUT2D eigenvalue weighted by Crippen LogP contribution is -2.62. The Morgan fingerprint density at radius 2 is 2.15 bits per heavy atom. The number of nitrogens with one attached hydrogen (secondary N) is 1. The molecule has 1 fully saturated rings. The Morgan fingerprint density at radius 1 is 1.45 bits per heavy atom. The Balaban J connectivity index is 2.20. The number of hydrogen-bond acceptors (Lipinski definition) is 3. The highest BCUT2D eigenvalue weighted by Crippen LogP contribution is 2.26. The second-order valence-electron chi connectivity index (χ2n) is 6.24. The highest BCUT2D eigenvalue weighted by atomic mass is 35.5. The summed E-state index contributed by atoms with van der Waals surface area (Å²) < 4.78 is 1.77. The van der Waals surface area contributed by atoms with Gasteiger partial charge in [0.05, 0.1) is 5.69 Å². The maximum absolute atomic E-state index is 6.39. The van der Waals surface area contributed by atoms with Gasteiger partial charge >= 0.3 is 0 Å². The number of hydrogen-bond donors (Lipinski definition) is 1. The molecule has 1 aliphatic rings. The first-order valence-electron chi connectivity index (χ1n) is 7.57. The van der Waals surface area contributed by atoms with E-state index in [-0.39, 0.29) is 5.54 Å². The van der Waals surface area contributed by atoms with Crippen LogP contribution < -0.4 is 5.32 Å². The molecule has 0 spiro atoms. The zero-order valence-corrected chi connectivity index (χ0v) is 14.1. The van der Waals surface area contributed by atoms with Gasteiger partial charge in [-0.05, 0) is 26.7 Å². The molecule has 1 aromatic rings. The van der Waals surface area contributed by atoms with Crippen LogP contribution in [0.4, 0.5) is 0 Å². The number of piperazine rings is 1. The summed E-state index contributed by atoms with van der Waals surface area (Å²) in [6.45, 7) is 11.9. The normalized spacial score (nSPS) is 28.0. The smallest absolute Gasteiger partial charge is 0.131 e. The summed E-state index contributed by atoms with van der Waals surface area (Å²) in [5.41, 5.74) is 2.42. The second-order valence-corrected chi connectivity index (χ2v) is 6.60. The zero-order valence-electron chi connectivity index (χ0n) is 13.3. The fourth-order valence-electron chi connectivity index (χ4n) is 3.01. The van der Waals surface area contributed by atoms with Gasteiger partial charge in [0.25, 0.3) is 0 Å². The monoisotopic (exact) mass is 298 g/mol. The van der Waals surface area contributed by atoms with Crippen molar-refractivity contribution >= 4 is 11.6 Å².